The number of likely N-dealkylation sites (N-methyl/N-ethyl adjacent to an activating group) is 1. The number of aryl methyl sites for hydroxylation is 1. The summed E-state index contributed by atoms with van der Waals surface area (Å²) in [7, 11) is 4.14. The van der Waals surface area contributed by atoms with E-state index in [-0.39, 0.29) is 6.17 Å². The molecule has 1 aromatic rings. The van der Waals surface area contributed by atoms with Gasteiger partial charge in [0.25, 0.3) is 0 Å². The molecule has 26 heavy (non-hydrogen) atoms. The summed E-state index contributed by atoms with van der Waals surface area (Å²) in [6, 6.07) is 2.47. The Labute approximate surface area is 156 Å². The average molecular weight is 352 g/mol. The standard InChI is InChI=1S/C20H28N6/c1-15-12-16(2)20-25(4)14-23-26(20)19-13-22-10-8-17(19)6-7-18(15)24(3)11-5-9-21/h5,8-11,13-15,18,20-21H,2,6-7,12H2,1,3-4H3/b11-5-,21-9?. The first-order chi connectivity index (χ1) is 12.5. The van der Waals surface area contributed by atoms with Gasteiger partial charge in [0.15, 0.2) is 0 Å². The Morgan fingerprint density at radius 2 is 2.23 bits per heavy atom. The predicted molar refractivity (Wildman–Crippen MR) is 107 cm³/mol. The molecule has 0 radical (unpaired) electrons. The van der Waals surface area contributed by atoms with Crippen LogP contribution >= 0.6 is 0 Å². The highest BCUT2D eigenvalue weighted by Crippen LogP contribution is 2.34. The van der Waals surface area contributed by atoms with Crippen molar-refractivity contribution in [3.05, 3.63) is 48.5 Å². The third-order valence-electron chi connectivity index (χ3n) is 5.37. The van der Waals surface area contributed by atoms with E-state index in [1.54, 1.807) is 6.08 Å². The van der Waals surface area contributed by atoms with Crippen LogP contribution in [0, 0.1) is 11.3 Å². The Kier molecular flexibility index (Phi) is 5.40. The predicted octanol–water partition coefficient (Wildman–Crippen LogP) is 3.10. The van der Waals surface area contributed by atoms with E-state index in [1.807, 2.05) is 32.0 Å². The molecule has 6 heteroatoms. The van der Waals surface area contributed by atoms with E-state index in [9.17, 15) is 0 Å². The fourth-order valence-corrected chi connectivity index (χ4v) is 4.06. The fraction of sp³-hybridized carbons (Fsp3) is 0.450. The van der Waals surface area contributed by atoms with E-state index in [4.69, 9.17) is 5.41 Å². The van der Waals surface area contributed by atoms with Gasteiger partial charge in [0.2, 0.25) is 0 Å². The van der Waals surface area contributed by atoms with Gasteiger partial charge in [0, 0.05) is 38.7 Å². The number of hydrazone groups is 1. The van der Waals surface area contributed by atoms with Gasteiger partial charge in [-0.2, -0.15) is 5.10 Å². The molecule has 3 rings (SSSR count). The molecule has 1 N–H and O–H groups in total. The highest BCUT2D eigenvalue weighted by molar-refractivity contribution is 5.67. The van der Waals surface area contributed by atoms with Crippen molar-refractivity contribution in [3.63, 3.8) is 0 Å². The molecule has 0 aliphatic carbocycles. The van der Waals surface area contributed by atoms with Gasteiger partial charge in [0.1, 0.15) is 12.5 Å². The molecule has 0 saturated heterocycles. The van der Waals surface area contributed by atoms with Crippen LogP contribution in [0.25, 0.3) is 0 Å². The summed E-state index contributed by atoms with van der Waals surface area (Å²) in [6.45, 7) is 6.70. The van der Waals surface area contributed by atoms with Crippen LogP contribution < -0.4 is 5.01 Å². The first kappa shape index (κ1) is 18.2. The van der Waals surface area contributed by atoms with E-state index in [2.05, 4.69) is 51.5 Å². The molecule has 2 aliphatic heterocycles. The van der Waals surface area contributed by atoms with Gasteiger partial charge in [-0.25, -0.2) is 5.01 Å². The zero-order chi connectivity index (χ0) is 18.7. The highest BCUT2D eigenvalue weighted by atomic mass is 15.6. The number of aromatic nitrogens is 1. The van der Waals surface area contributed by atoms with E-state index in [1.165, 1.54) is 11.8 Å². The monoisotopic (exact) mass is 352 g/mol. The fourth-order valence-electron chi connectivity index (χ4n) is 4.06. The maximum Gasteiger partial charge on any atom is 0.146 e. The zero-order valence-corrected chi connectivity index (χ0v) is 15.8. The molecule has 0 spiro atoms. The van der Waals surface area contributed by atoms with Crippen LogP contribution in [-0.2, 0) is 6.42 Å². The van der Waals surface area contributed by atoms with E-state index >= 15 is 0 Å². The maximum atomic E-state index is 7.25. The number of fused-ring (bicyclic) bond motifs is 3. The third kappa shape index (κ3) is 3.49. The van der Waals surface area contributed by atoms with Crippen LogP contribution in [-0.4, -0.2) is 53.6 Å². The number of anilines is 1. The normalized spacial score (nSPS) is 26.0. The van der Waals surface area contributed by atoms with Crippen LogP contribution in [0.1, 0.15) is 25.3 Å². The van der Waals surface area contributed by atoms with Crippen molar-refractivity contribution in [2.24, 2.45) is 11.0 Å². The quantitative estimate of drug-likeness (QED) is 0.671. The lowest BCUT2D eigenvalue weighted by Crippen LogP contribution is -2.42. The van der Waals surface area contributed by atoms with Crippen LogP contribution in [0.2, 0.25) is 0 Å². The minimum Gasteiger partial charge on any atom is -0.377 e. The Morgan fingerprint density at radius 3 is 3.00 bits per heavy atom. The Morgan fingerprint density at radius 1 is 1.42 bits per heavy atom. The minimum atomic E-state index is 0.0292. The van der Waals surface area contributed by atoms with Gasteiger partial charge in [0.05, 0.1) is 11.9 Å². The summed E-state index contributed by atoms with van der Waals surface area (Å²) in [6.07, 6.45) is 13.7. The molecule has 1 aromatic heterocycles. The number of allylic oxidation sites excluding steroid dienone is 1. The molecule has 0 aromatic carbocycles. The van der Waals surface area contributed by atoms with E-state index in [0.717, 1.165) is 30.5 Å². The first-order valence-electron chi connectivity index (χ1n) is 9.08. The smallest absolute Gasteiger partial charge is 0.146 e. The molecule has 138 valence electrons. The van der Waals surface area contributed by atoms with Crippen LogP contribution in [0.15, 0.2) is 48.0 Å². The van der Waals surface area contributed by atoms with Gasteiger partial charge in [-0.3, -0.25) is 4.98 Å². The van der Waals surface area contributed by atoms with Gasteiger partial charge in [-0.1, -0.05) is 13.5 Å². The van der Waals surface area contributed by atoms with Gasteiger partial charge in [-0.05, 0) is 48.5 Å². The van der Waals surface area contributed by atoms with Gasteiger partial charge < -0.3 is 15.2 Å². The van der Waals surface area contributed by atoms with E-state index < -0.39 is 0 Å². The Hall–Kier alpha value is -2.63. The average Bonchev–Trinajstić information content (AvgIpc) is 3.01. The summed E-state index contributed by atoms with van der Waals surface area (Å²) in [5, 5.41) is 13.9. The van der Waals surface area contributed by atoms with Crippen LogP contribution in [0.4, 0.5) is 5.69 Å². The maximum absolute atomic E-state index is 7.25. The molecule has 2 aliphatic rings. The zero-order valence-electron chi connectivity index (χ0n) is 15.8. The number of nitrogens with one attached hydrogen (secondary N) is 1. The SMILES string of the molecule is C=C1CC(C)C(N(C)/C=C\C=N)CCc2ccncc2N2N=CN(C)C12. The summed E-state index contributed by atoms with van der Waals surface area (Å²) < 4.78 is 0. The number of nitrogens with zero attached hydrogens (tertiary/aromatic N) is 5. The van der Waals surface area contributed by atoms with Crippen molar-refractivity contribution in [3.8, 4) is 0 Å². The molecule has 3 atom stereocenters. The number of hydrogen-bond donors (Lipinski definition) is 1. The lowest BCUT2D eigenvalue weighted by Gasteiger charge is -2.37. The minimum absolute atomic E-state index is 0.0292. The van der Waals surface area contributed by atoms with Gasteiger partial charge >= 0.3 is 0 Å². The number of pyridine rings is 1. The van der Waals surface area contributed by atoms with Crippen LogP contribution in [0.3, 0.4) is 0 Å². The molecular weight excluding hydrogens is 324 g/mol. The van der Waals surface area contributed by atoms with Gasteiger partial charge in [-0.15, -0.1) is 0 Å². The summed E-state index contributed by atoms with van der Waals surface area (Å²) in [5.41, 5.74) is 3.47. The van der Waals surface area contributed by atoms with Crippen molar-refractivity contribution in [1.82, 2.24) is 14.8 Å². The molecule has 0 amide bonds. The second-order valence-electron chi connectivity index (χ2n) is 7.24. The molecule has 0 fully saturated rings. The van der Waals surface area contributed by atoms with Crippen molar-refractivity contribution >= 4 is 18.2 Å². The molecular formula is C20H28N6. The molecule has 0 saturated carbocycles. The molecule has 6 nitrogen and oxygen atoms in total. The summed E-state index contributed by atoms with van der Waals surface area (Å²) in [4.78, 5) is 8.68. The second kappa shape index (κ2) is 7.72. The topological polar surface area (TPSA) is 58.8 Å². The largest absolute Gasteiger partial charge is 0.377 e. The second-order valence-corrected chi connectivity index (χ2v) is 7.24. The van der Waals surface area contributed by atoms with Crippen molar-refractivity contribution in [2.75, 3.05) is 19.1 Å². The highest BCUT2D eigenvalue weighted by Gasteiger charge is 2.34. The Bertz CT molecular complexity index is 725. The first-order valence-corrected chi connectivity index (χ1v) is 9.08. The number of hydrogen-bond acceptors (Lipinski definition) is 6. The lowest BCUT2D eigenvalue weighted by atomic mass is 9.87. The molecule has 3 heterocycles. The summed E-state index contributed by atoms with van der Waals surface area (Å²) >= 11 is 0. The third-order valence-corrected chi connectivity index (χ3v) is 5.37. The Balaban J connectivity index is 1.97. The molecule has 3 unspecified atom stereocenters. The van der Waals surface area contributed by atoms with Crippen molar-refractivity contribution < 1.29 is 0 Å². The van der Waals surface area contributed by atoms with Crippen molar-refractivity contribution in [1.29, 1.82) is 5.41 Å². The van der Waals surface area contributed by atoms with E-state index in [0.29, 0.717) is 12.0 Å². The number of rotatable bonds is 3. The summed E-state index contributed by atoms with van der Waals surface area (Å²) in [5.74, 6) is 0.446. The van der Waals surface area contributed by atoms with Crippen LogP contribution in [0.5, 0.6) is 0 Å². The molecule has 0 bridgehead atoms. The van der Waals surface area contributed by atoms with Crippen molar-refractivity contribution in [2.45, 2.75) is 38.4 Å². The lowest BCUT2D eigenvalue weighted by molar-refractivity contribution is 0.225.